The number of hydrogen-bond donors (Lipinski definition) is 2. The Bertz CT molecular complexity index is 929. The van der Waals surface area contributed by atoms with E-state index < -0.39 is 15.9 Å². The molecule has 154 valence electrons. The summed E-state index contributed by atoms with van der Waals surface area (Å²) in [6.07, 6.45) is 1.66. The molecule has 28 heavy (non-hydrogen) atoms. The van der Waals surface area contributed by atoms with Gasteiger partial charge in [0.05, 0.1) is 11.0 Å². The fourth-order valence-corrected chi connectivity index (χ4v) is 4.81. The zero-order chi connectivity index (χ0) is 19.6. The zero-order valence-electron chi connectivity index (χ0n) is 16.0. The molecule has 1 unspecified atom stereocenters. The first-order chi connectivity index (χ1) is 12.8. The maximum absolute atomic E-state index is 12.8. The first-order valence-corrected chi connectivity index (χ1v) is 10.4. The van der Waals surface area contributed by atoms with E-state index in [-0.39, 0.29) is 35.0 Å². The van der Waals surface area contributed by atoms with Crippen molar-refractivity contribution in [2.75, 3.05) is 11.9 Å². The van der Waals surface area contributed by atoms with Gasteiger partial charge in [0, 0.05) is 24.2 Å². The predicted molar refractivity (Wildman–Crippen MR) is 109 cm³/mol. The number of nitrogens with one attached hydrogen (secondary N) is 2. The van der Waals surface area contributed by atoms with Gasteiger partial charge in [0.1, 0.15) is 5.82 Å². The summed E-state index contributed by atoms with van der Waals surface area (Å²) in [4.78, 5) is 12.6. The highest BCUT2D eigenvalue weighted by molar-refractivity contribution is 7.89. The lowest BCUT2D eigenvalue weighted by Gasteiger charge is -2.21. The zero-order valence-corrected chi connectivity index (χ0v) is 17.6. The third-order valence-corrected chi connectivity index (χ3v) is 6.36. The van der Waals surface area contributed by atoms with Crippen LogP contribution in [0.25, 0.3) is 0 Å². The number of carbonyl (C=O) groups excluding carboxylic acids is 1. The molecule has 8 nitrogen and oxygen atoms in total. The van der Waals surface area contributed by atoms with E-state index in [1.54, 1.807) is 18.2 Å². The number of aromatic nitrogens is 2. The molecule has 0 saturated carbocycles. The number of amides is 1. The monoisotopic (exact) mass is 428 g/mol. The summed E-state index contributed by atoms with van der Waals surface area (Å²) < 4.78 is 32.6. The molecule has 1 atom stereocenters. The largest absolute Gasteiger partial charge is 0.474 e. The van der Waals surface area contributed by atoms with Crippen LogP contribution in [0.3, 0.4) is 0 Å². The summed E-state index contributed by atoms with van der Waals surface area (Å²) in [5.74, 6) is 0.318. The number of ether oxygens (including phenoxy) is 1. The van der Waals surface area contributed by atoms with Crippen LogP contribution < -0.4 is 10.1 Å². The van der Waals surface area contributed by atoms with Crippen molar-refractivity contribution in [3.8, 4) is 5.88 Å². The van der Waals surface area contributed by atoms with Gasteiger partial charge in [-0.15, -0.1) is 17.5 Å². The van der Waals surface area contributed by atoms with Crippen LogP contribution in [0.2, 0.25) is 0 Å². The number of carbonyl (C=O) groups is 1. The lowest BCUT2D eigenvalue weighted by Crippen LogP contribution is -2.33. The third kappa shape index (κ3) is 4.84. The van der Waals surface area contributed by atoms with Crippen LogP contribution in [0.15, 0.2) is 35.2 Å². The molecule has 1 fully saturated rings. The Morgan fingerprint density at radius 1 is 1.36 bits per heavy atom. The molecule has 1 amide bonds. The van der Waals surface area contributed by atoms with Gasteiger partial charge >= 0.3 is 0 Å². The minimum absolute atomic E-state index is 0. The van der Waals surface area contributed by atoms with Crippen molar-refractivity contribution in [2.45, 2.75) is 50.7 Å². The molecule has 1 aliphatic rings. The Kier molecular flexibility index (Phi) is 7.08. The predicted octanol–water partition coefficient (Wildman–Crippen LogP) is 3.04. The van der Waals surface area contributed by atoms with E-state index >= 15 is 0 Å². The maximum atomic E-state index is 12.8. The number of hydrogen-bond acceptors (Lipinski definition) is 5. The van der Waals surface area contributed by atoms with Crippen LogP contribution in [0.4, 0.5) is 5.82 Å². The summed E-state index contributed by atoms with van der Waals surface area (Å²) in [5, 5.41) is 9.29. The quantitative estimate of drug-likeness (QED) is 0.735. The van der Waals surface area contributed by atoms with Crippen LogP contribution in [0.5, 0.6) is 5.88 Å². The Morgan fingerprint density at radius 3 is 2.75 bits per heavy atom. The van der Waals surface area contributed by atoms with Crippen molar-refractivity contribution in [1.29, 1.82) is 0 Å². The van der Waals surface area contributed by atoms with Crippen molar-refractivity contribution in [2.24, 2.45) is 0 Å². The lowest BCUT2D eigenvalue weighted by atomic mass is 10.2. The molecule has 1 aliphatic heterocycles. The maximum Gasteiger partial charge on any atom is 0.256 e. The average molecular weight is 429 g/mol. The molecule has 0 bridgehead atoms. The van der Waals surface area contributed by atoms with Crippen LogP contribution in [-0.4, -0.2) is 47.5 Å². The topological polar surface area (TPSA) is 104 Å². The number of benzene rings is 1. The SMILES string of the molecule is CC(C)Oc1cc(NC(=O)c2cccc(S(=O)(=O)N3CCCC3C)c2)[nH]n1.Cl. The first-order valence-electron chi connectivity index (χ1n) is 8.92. The number of halogens is 1. The van der Waals surface area contributed by atoms with Gasteiger partial charge in [-0.2, -0.15) is 4.31 Å². The second-order valence-electron chi connectivity index (χ2n) is 6.88. The summed E-state index contributed by atoms with van der Waals surface area (Å²) in [5.41, 5.74) is 0.254. The number of anilines is 1. The van der Waals surface area contributed by atoms with E-state index in [9.17, 15) is 13.2 Å². The highest BCUT2D eigenvalue weighted by Gasteiger charge is 2.32. The van der Waals surface area contributed by atoms with Gasteiger partial charge in [-0.1, -0.05) is 6.07 Å². The van der Waals surface area contributed by atoms with Gasteiger partial charge in [0.15, 0.2) is 0 Å². The Hall–Kier alpha value is -2.10. The molecule has 1 aromatic carbocycles. The normalized spacial score (nSPS) is 17.4. The molecule has 2 aromatic rings. The van der Waals surface area contributed by atoms with E-state index in [1.165, 1.54) is 16.4 Å². The summed E-state index contributed by atoms with van der Waals surface area (Å²) >= 11 is 0. The van der Waals surface area contributed by atoms with Crippen LogP contribution in [0.1, 0.15) is 44.0 Å². The molecule has 10 heteroatoms. The highest BCUT2D eigenvalue weighted by Crippen LogP contribution is 2.26. The summed E-state index contributed by atoms with van der Waals surface area (Å²) in [7, 11) is -3.61. The van der Waals surface area contributed by atoms with E-state index in [2.05, 4.69) is 15.5 Å². The fraction of sp³-hybridized carbons (Fsp3) is 0.444. The number of nitrogens with zero attached hydrogens (tertiary/aromatic N) is 2. The third-order valence-electron chi connectivity index (χ3n) is 4.35. The Labute approximate surface area is 171 Å². The molecule has 1 aromatic heterocycles. The van der Waals surface area contributed by atoms with Gasteiger partial charge < -0.3 is 10.1 Å². The second-order valence-corrected chi connectivity index (χ2v) is 8.77. The summed E-state index contributed by atoms with van der Waals surface area (Å²) in [6.45, 7) is 6.16. The van der Waals surface area contributed by atoms with Crippen molar-refractivity contribution < 1.29 is 17.9 Å². The Morgan fingerprint density at radius 2 is 2.11 bits per heavy atom. The van der Waals surface area contributed by atoms with Crippen LogP contribution >= 0.6 is 12.4 Å². The lowest BCUT2D eigenvalue weighted by molar-refractivity contribution is 0.102. The number of H-pyrrole nitrogens is 1. The molecular weight excluding hydrogens is 404 g/mol. The number of rotatable bonds is 6. The number of aromatic amines is 1. The van der Waals surface area contributed by atoms with E-state index in [4.69, 9.17) is 4.74 Å². The molecule has 2 N–H and O–H groups in total. The van der Waals surface area contributed by atoms with Crippen molar-refractivity contribution >= 4 is 34.2 Å². The van der Waals surface area contributed by atoms with Gasteiger partial charge in [-0.25, -0.2) is 8.42 Å². The minimum atomic E-state index is -3.61. The van der Waals surface area contributed by atoms with Crippen LogP contribution in [-0.2, 0) is 10.0 Å². The highest BCUT2D eigenvalue weighted by atomic mass is 35.5. The molecule has 0 radical (unpaired) electrons. The Balaban J connectivity index is 0.00000280. The minimum Gasteiger partial charge on any atom is -0.474 e. The molecular formula is C18H25ClN4O4S. The van der Waals surface area contributed by atoms with E-state index in [0.717, 1.165) is 12.8 Å². The van der Waals surface area contributed by atoms with Crippen molar-refractivity contribution in [3.05, 3.63) is 35.9 Å². The van der Waals surface area contributed by atoms with Gasteiger partial charge in [-0.3, -0.25) is 9.89 Å². The fourth-order valence-electron chi connectivity index (χ4n) is 3.06. The second kappa shape index (κ2) is 8.93. The first kappa shape index (κ1) is 22.2. The van der Waals surface area contributed by atoms with E-state index in [0.29, 0.717) is 18.2 Å². The van der Waals surface area contributed by atoms with Crippen molar-refractivity contribution in [1.82, 2.24) is 14.5 Å². The molecule has 1 saturated heterocycles. The van der Waals surface area contributed by atoms with Gasteiger partial charge in [-0.05, 0) is 51.8 Å². The average Bonchev–Trinajstić information content (AvgIpc) is 3.23. The van der Waals surface area contributed by atoms with Gasteiger partial charge in [0.25, 0.3) is 5.91 Å². The summed E-state index contributed by atoms with van der Waals surface area (Å²) in [6, 6.07) is 7.60. The molecule has 3 rings (SSSR count). The molecule has 2 heterocycles. The van der Waals surface area contributed by atoms with Crippen molar-refractivity contribution in [3.63, 3.8) is 0 Å². The number of sulfonamides is 1. The smallest absolute Gasteiger partial charge is 0.256 e. The van der Waals surface area contributed by atoms with Crippen LogP contribution in [0, 0.1) is 0 Å². The van der Waals surface area contributed by atoms with E-state index in [1.807, 2.05) is 20.8 Å². The standard InChI is InChI=1S/C18H24N4O4S.ClH/c1-12(2)26-17-11-16(20-21-17)19-18(23)14-7-4-8-15(10-14)27(24,25)22-9-5-6-13(22)3;/h4,7-8,10-13H,5-6,9H2,1-3H3,(H2,19,20,21,23);1H. The molecule has 0 spiro atoms. The van der Waals surface area contributed by atoms with Gasteiger partial charge in [0.2, 0.25) is 15.9 Å². The molecule has 0 aliphatic carbocycles.